The molecule has 26 heavy (non-hydrogen) atoms. The van der Waals surface area contributed by atoms with Crippen molar-refractivity contribution in [1.29, 1.82) is 0 Å². The van der Waals surface area contributed by atoms with Crippen molar-refractivity contribution in [3.8, 4) is 0 Å². The fourth-order valence-corrected chi connectivity index (χ4v) is 4.39. The number of para-hydroxylation sites is 1. The fraction of sp³-hybridized carbons (Fsp3) is 0.263. The van der Waals surface area contributed by atoms with Crippen LogP contribution in [0.1, 0.15) is 10.4 Å². The lowest BCUT2D eigenvalue weighted by Crippen LogP contribution is -2.36. The van der Waals surface area contributed by atoms with E-state index in [2.05, 4.69) is 11.0 Å². The molecule has 0 aliphatic carbocycles. The van der Waals surface area contributed by atoms with Gasteiger partial charge in [-0.05, 0) is 50.7 Å². The van der Waals surface area contributed by atoms with Gasteiger partial charge in [-0.25, -0.2) is 4.98 Å². The number of halogens is 1. The summed E-state index contributed by atoms with van der Waals surface area (Å²) in [6, 6.07) is 13.2. The Balaban J connectivity index is 2.02. The molecular formula is C19H20ClN3OS2. The molecule has 2 aromatic carbocycles. The smallest absolute Gasteiger partial charge is 0.260 e. The van der Waals surface area contributed by atoms with E-state index in [1.165, 1.54) is 0 Å². The van der Waals surface area contributed by atoms with Crippen molar-refractivity contribution >= 4 is 56.0 Å². The number of amides is 1. The first-order valence-electron chi connectivity index (χ1n) is 8.15. The summed E-state index contributed by atoms with van der Waals surface area (Å²) in [5, 5.41) is 1.27. The molecule has 0 saturated carbocycles. The third-order valence-electron chi connectivity index (χ3n) is 3.91. The second-order valence-electron chi connectivity index (χ2n) is 6.07. The summed E-state index contributed by atoms with van der Waals surface area (Å²) < 4.78 is 1.08. The molecule has 7 heteroatoms. The number of rotatable bonds is 6. The van der Waals surface area contributed by atoms with Gasteiger partial charge in [0, 0.05) is 28.6 Å². The number of aromatic nitrogens is 1. The Morgan fingerprint density at radius 1 is 1.19 bits per heavy atom. The van der Waals surface area contributed by atoms with E-state index in [1.54, 1.807) is 52.3 Å². The Morgan fingerprint density at radius 2 is 1.96 bits per heavy atom. The van der Waals surface area contributed by atoms with Crippen LogP contribution in [0.15, 0.2) is 47.4 Å². The molecule has 0 radical (unpaired) electrons. The van der Waals surface area contributed by atoms with Crippen molar-refractivity contribution in [3.05, 3.63) is 53.1 Å². The van der Waals surface area contributed by atoms with Crippen LogP contribution in [-0.2, 0) is 0 Å². The molecule has 0 fully saturated rings. The van der Waals surface area contributed by atoms with Crippen molar-refractivity contribution in [3.63, 3.8) is 0 Å². The van der Waals surface area contributed by atoms with Crippen molar-refractivity contribution in [2.45, 2.75) is 4.90 Å². The SMILES string of the molecule is CSc1cccc2sc(N(CCN(C)C)C(=O)c3cccc(Cl)c3)nc12. The third-order valence-corrected chi connectivity index (χ3v) is 5.96. The maximum absolute atomic E-state index is 13.2. The van der Waals surface area contributed by atoms with E-state index >= 15 is 0 Å². The number of likely N-dealkylation sites (N-methyl/N-ethyl adjacent to an activating group) is 1. The van der Waals surface area contributed by atoms with Crippen LogP contribution < -0.4 is 4.90 Å². The lowest BCUT2D eigenvalue weighted by Gasteiger charge is -2.22. The predicted octanol–water partition coefficient (Wildman–Crippen LogP) is 4.88. The fourth-order valence-electron chi connectivity index (χ4n) is 2.55. The first-order chi connectivity index (χ1) is 12.5. The van der Waals surface area contributed by atoms with Crippen molar-refractivity contribution in [1.82, 2.24) is 9.88 Å². The normalized spacial score (nSPS) is 11.3. The lowest BCUT2D eigenvalue weighted by molar-refractivity contribution is 0.0985. The number of thioether (sulfide) groups is 1. The van der Waals surface area contributed by atoms with Gasteiger partial charge in [-0.2, -0.15) is 0 Å². The average Bonchev–Trinajstić information content (AvgIpc) is 3.05. The molecule has 136 valence electrons. The lowest BCUT2D eigenvalue weighted by atomic mass is 10.2. The molecule has 0 aliphatic rings. The quantitative estimate of drug-likeness (QED) is 0.547. The molecule has 1 amide bonds. The van der Waals surface area contributed by atoms with E-state index in [0.717, 1.165) is 21.7 Å². The molecular weight excluding hydrogens is 386 g/mol. The van der Waals surface area contributed by atoms with E-state index < -0.39 is 0 Å². The summed E-state index contributed by atoms with van der Waals surface area (Å²) in [7, 11) is 3.98. The summed E-state index contributed by atoms with van der Waals surface area (Å²) in [6.45, 7) is 1.31. The minimum atomic E-state index is -0.0842. The number of fused-ring (bicyclic) bond motifs is 1. The van der Waals surface area contributed by atoms with Crippen LogP contribution >= 0.6 is 34.7 Å². The maximum Gasteiger partial charge on any atom is 0.260 e. The zero-order chi connectivity index (χ0) is 18.7. The molecule has 1 heterocycles. The molecule has 0 bridgehead atoms. The van der Waals surface area contributed by atoms with Crippen LogP contribution in [0.5, 0.6) is 0 Å². The minimum absolute atomic E-state index is 0.0842. The van der Waals surface area contributed by atoms with Gasteiger partial charge in [0.2, 0.25) is 0 Å². The third kappa shape index (κ3) is 4.20. The first-order valence-corrected chi connectivity index (χ1v) is 10.6. The van der Waals surface area contributed by atoms with Gasteiger partial charge in [0.05, 0.1) is 10.2 Å². The molecule has 0 saturated heterocycles. The van der Waals surface area contributed by atoms with Crippen LogP contribution in [0.4, 0.5) is 5.13 Å². The van der Waals surface area contributed by atoms with E-state index in [0.29, 0.717) is 22.3 Å². The molecule has 3 rings (SSSR count). The monoisotopic (exact) mass is 405 g/mol. The Kier molecular flexibility index (Phi) is 6.19. The number of carbonyl (C=O) groups is 1. The molecule has 0 aliphatic heterocycles. The highest BCUT2D eigenvalue weighted by Gasteiger charge is 2.22. The number of hydrogen-bond acceptors (Lipinski definition) is 5. The van der Waals surface area contributed by atoms with Crippen LogP contribution in [0.25, 0.3) is 10.2 Å². The second-order valence-corrected chi connectivity index (χ2v) is 8.37. The molecule has 0 spiro atoms. The van der Waals surface area contributed by atoms with Gasteiger partial charge < -0.3 is 4.90 Å². The Hall–Kier alpha value is -1.60. The van der Waals surface area contributed by atoms with E-state index in [-0.39, 0.29) is 5.91 Å². The van der Waals surface area contributed by atoms with Gasteiger partial charge in [-0.15, -0.1) is 11.8 Å². The van der Waals surface area contributed by atoms with Gasteiger partial charge in [0.1, 0.15) is 0 Å². The predicted molar refractivity (Wildman–Crippen MR) is 113 cm³/mol. The van der Waals surface area contributed by atoms with Crippen LogP contribution in [0.3, 0.4) is 0 Å². The standard InChI is InChI=1S/C19H20ClN3OS2/c1-22(2)10-11-23(18(24)13-6-4-7-14(20)12-13)19-21-17-15(25-3)8-5-9-16(17)26-19/h4-9,12H,10-11H2,1-3H3. The largest absolute Gasteiger partial charge is 0.308 e. The Labute approximate surface area is 166 Å². The van der Waals surface area contributed by atoms with Gasteiger partial charge in [-0.3, -0.25) is 9.69 Å². The zero-order valence-electron chi connectivity index (χ0n) is 14.9. The van der Waals surface area contributed by atoms with Gasteiger partial charge in [-0.1, -0.05) is 35.1 Å². The molecule has 4 nitrogen and oxygen atoms in total. The molecule has 0 N–H and O–H groups in total. The molecule has 0 unspecified atom stereocenters. The first kappa shape index (κ1) is 19.2. The zero-order valence-corrected chi connectivity index (χ0v) is 17.3. The Morgan fingerprint density at radius 3 is 2.65 bits per heavy atom. The Bertz CT molecular complexity index is 926. The number of hydrogen-bond donors (Lipinski definition) is 0. The molecule has 3 aromatic rings. The van der Waals surface area contributed by atoms with E-state index in [4.69, 9.17) is 16.6 Å². The van der Waals surface area contributed by atoms with E-state index in [1.807, 2.05) is 32.5 Å². The highest BCUT2D eigenvalue weighted by Crippen LogP contribution is 2.34. The maximum atomic E-state index is 13.2. The number of carbonyl (C=O) groups excluding carboxylic acids is 1. The summed E-state index contributed by atoms with van der Waals surface area (Å²) in [6.07, 6.45) is 2.04. The highest BCUT2D eigenvalue weighted by molar-refractivity contribution is 7.98. The number of thiazole rings is 1. The molecule has 1 aromatic heterocycles. The highest BCUT2D eigenvalue weighted by atomic mass is 35.5. The van der Waals surface area contributed by atoms with Crippen molar-refractivity contribution < 1.29 is 4.79 Å². The van der Waals surface area contributed by atoms with Gasteiger partial charge >= 0.3 is 0 Å². The number of anilines is 1. The number of nitrogens with zero attached hydrogens (tertiary/aromatic N) is 3. The second kappa shape index (κ2) is 8.39. The van der Waals surface area contributed by atoms with Crippen molar-refractivity contribution in [2.75, 3.05) is 38.3 Å². The van der Waals surface area contributed by atoms with Gasteiger partial charge in [0.15, 0.2) is 5.13 Å². The summed E-state index contributed by atoms with van der Waals surface area (Å²) in [5.41, 5.74) is 1.52. The molecule has 0 atom stereocenters. The summed E-state index contributed by atoms with van der Waals surface area (Å²) in [5.74, 6) is -0.0842. The number of benzene rings is 2. The van der Waals surface area contributed by atoms with Crippen LogP contribution in [0, 0.1) is 0 Å². The summed E-state index contributed by atoms with van der Waals surface area (Å²) >= 11 is 9.28. The van der Waals surface area contributed by atoms with Crippen LogP contribution in [-0.4, -0.2) is 49.2 Å². The summed E-state index contributed by atoms with van der Waals surface area (Å²) in [4.78, 5) is 22.9. The minimum Gasteiger partial charge on any atom is -0.308 e. The van der Waals surface area contributed by atoms with Crippen molar-refractivity contribution in [2.24, 2.45) is 0 Å². The average molecular weight is 406 g/mol. The van der Waals surface area contributed by atoms with Gasteiger partial charge in [0.25, 0.3) is 5.91 Å². The topological polar surface area (TPSA) is 36.4 Å². The van der Waals surface area contributed by atoms with Crippen LogP contribution in [0.2, 0.25) is 5.02 Å². The van der Waals surface area contributed by atoms with E-state index in [9.17, 15) is 4.79 Å².